The van der Waals surface area contributed by atoms with Gasteiger partial charge in [-0.05, 0) is 29.3 Å². The van der Waals surface area contributed by atoms with Crippen molar-refractivity contribution in [2.45, 2.75) is 22.2 Å². The normalized spacial score (nSPS) is 11.8. The van der Waals surface area contributed by atoms with E-state index in [0.717, 1.165) is 33.5 Å². The number of pyridine rings is 1. The molecule has 24 heavy (non-hydrogen) atoms. The smallest absolute Gasteiger partial charge is 0.256 e. The number of alkyl halides is 4. The second-order valence-electron chi connectivity index (χ2n) is 5.28. The summed E-state index contributed by atoms with van der Waals surface area (Å²) in [6.45, 7) is 0. The second-order valence-corrected chi connectivity index (χ2v) is 6.86. The molecule has 0 N–H and O–H groups in total. The van der Waals surface area contributed by atoms with Crippen molar-refractivity contribution in [1.29, 1.82) is 0 Å². The minimum absolute atomic E-state index is 0.365. The molecule has 3 rings (SSSR count). The number of aromatic nitrogens is 1. The van der Waals surface area contributed by atoms with E-state index in [-0.39, 0.29) is 0 Å². The molecule has 124 valence electrons. The highest BCUT2D eigenvalue weighted by atomic mass is 79.9. The van der Waals surface area contributed by atoms with E-state index in [4.69, 9.17) is 0 Å². The summed E-state index contributed by atoms with van der Waals surface area (Å²) < 4.78 is 38.5. The Bertz CT molecular complexity index is 864. The molecule has 1 aromatic heterocycles. The highest BCUT2D eigenvalue weighted by molar-refractivity contribution is 9.08. The lowest BCUT2D eigenvalue weighted by atomic mass is 10.1. The topological polar surface area (TPSA) is 12.9 Å². The van der Waals surface area contributed by atoms with Crippen molar-refractivity contribution < 1.29 is 13.2 Å². The predicted molar refractivity (Wildman–Crippen MR) is 95.4 cm³/mol. The number of fused-ring (bicyclic) bond motifs is 1. The summed E-state index contributed by atoms with van der Waals surface area (Å²) in [5.74, 6) is 0.751. The van der Waals surface area contributed by atoms with Crippen LogP contribution in [0.15, 0.2) is 59.6 Å². The molecular formula is C18H13BrF3NS. The average Bonchev–Trinajstić information content (AvgIpc) is 2.58. The molecule has 0 spiro atoms. The number of halogens is 4. The van der Waals surface area contributed by atoms with Gasteiger partial charge in [0.05, 0.1) is 11.1 Å². The van der Waals surface area contributed by atoms with Crippen LogP contribution in [-0.4, -0.2) is 4.98 Å². The van der Waals surface area contributed by atoms with Crippen molar-refractivity contribution in [3.8, 4) is 0 Å². The molecule has 0 saturated heterocycles. The van der Waals surface area contributed by atoms with Crippen LogP contribution in [0.5, 0.6) is 0 Å². The zero-order valence-corrected chi connectivity index (χ0v) is 14.9. The van der Waals surface area contributed by atoms with Gasteiger partial charge in [0.1, 0.15) is 0 Å². The molecule has 0 aliphatic rings. The van der Waals surface area contributed by atoms with Crippen molar-refractivity contribution in [2.75, 3.05) is 0 Å². The summed E-state index contributed by atoms with van der Waals surface area (Å²) in [6, 6.07) is 13.8. The van der Waals surface area contributed by atoms with Crippen LogP contribution in [-0.2, 0) is 17.3 Å². The van der Waals surface area contributed by atoms with E-state index < -0.39 is 11.7 Å². The maximum atomic E-state index is 12.8. The van der Waals surface area contributed by atoms with Gasteiger partial charge in [0.25, 0.3) is 0 Å². The van der Waals surface area contributed by atoms with Crippen LogP contribution >= 0.6 is 27.7 Å². The lowest BCUT2D eigenvalue weighted by Gasteiger charge is -2.10. The van der Waals surface area contributed by atoms with Gasteiger partial charge in [-0.1, -0.05) is 46.3 Å². The van der Waals surface area contributed by atoms with Gasteiger partial charge < -0.3 is 0 Å². The summed E-state index contributed by atoms with van der Waals surface area (Å²) in [7, 11) is 0. The van der Waals surface area contributed by atoms with Crippen LogP contribution < -0.4 is 0 Å². The fourth-order valence-electron chi connectivity index (χ4n) is 2.39. The third kappa shape index (κ3) is 3.92. The first kappa shape index (κ1) is 17.3. The highest BCUT2D eigenvalue weighted by Crippen LogP contribution is 2.34. The van der Waals surface area contributed by atoms with Crippen molar-refractivity contribution in [1.82, 2.24) is 4.98 Å². The maximum absolute atomic E-state index is 12.8. The Balaban J connectivity index is 1.87. The quantitative estimate of drug-likeness (QED) is 0.361. The average molecular weight is 412 g/mol. The first-order valence-electron chi connectivity index (χ1n) is 7.20. The number of rotatable bonds is 4. The number of benzene rings is 2. The Kier molecular flexibility index (Phi) is 5.15. The highest BCUT2D eigenvalue weighted by Gasteiger charge is 2.30. The molecule has 0 aliphatic carbocycles. The predicted octanol–water partition coefficient (Wildman–Crippen LogP) is 6.44. The van der Waals surface area contributed by atoms with E-state index >= 15 is 0 Å². The number of thioether (sulfide) groups is 1. The third-order valence-electron chi connectivity index (χ3n) is 3.57. The summed E-state index contributed by atoms with van der Waals surface area (Å²) in [5, 5.41) is 1.54. The van der Waals surface area contributed by atoms with E-state index in [1.54, 1.807) is 18.0 Å². The van der Waals surface area contributed by atoms with E-state index in [1.807, 2.05) is 24.3 Å². The molecule has 3 aromatic rings. The molecule has 6 heteroatoms. The maximum Gasteiger partial charge on any atom is 0.416 e. The number of hydrogen-bond donors (Lipinski definition) is 0. The zero-order valence-electron chi connectivity index (χ0n) is 12.5. The Morgan fingerprint density at radius 3 is 2.54 bits per heavy atom. The molecule has 1 nitrogen and oxygen atoms in total. The molecule has 0 atom stereocenters. The van der Waals surface area contributed by atoms with Crippen LogP contribution in [0.4, 0.5) is 13.2 Å². The lowest BCUT2D eigenvalue weighted by molar-refractivity contribution is -0.137. The monoisotopic (exact) mass is 411 g/mol. The van der Waals surface area contributed by atoms with Gasteiger partial charge >= 0.3 is 6.18 Å². The van der Waals surface area contributed by atoms with Gasteiger partial charge in [-0.15, -0.1) is 11.8 Å². The summed E-state index contributed by atoms with van der Waals surface area (Å²) in [4.78, 5) is 5.01. The van der Waals surface area contributed by atoms with Crippen molar-refractivity contribution >= 4 is 38.6 Å². The van der Waals surface area contributed by atoms with E-state index in [9.17, 15) is 13.2 Å². The van der Waals surface area contributed by atoms with Gasteiger partial charge in [-0.2, -0.15) is 13.2 Å². The number of hydrogen-bond acceptors (Lipinski definition) is 2. The fraction of sp³-hybridized carbons (Fsp3) is 0.167. The van der Waals surface area contributed by atoms with Gasteiger partial charge in [-0.25, -0.2) is 0 Å². The molecular weight excluding hydrogens is 399 g/mol. The summed E-state index contributed by atoms with van der Waals surface area (Å²) in [6.07, 6.45) is -2.80. The van der Waals surface area contributed by atoms with Crippen molar-refractivity contribution in [3.05, 3.63) is 71.4 Å². The minimum Gasteiger partial charge on any atom is -0.256 e. The molecule has 0 radical (unpaired) electrons. The minimum atomic E-state index is -4.35. The van der Waals surface area contributed by atoms with E-state index in [1.165, 1.54) is 17.2 Å². The van der Waals surface area contributed by atoms with E-state index in [0.29, 0.717) is 5.52 Å². The summed E-state index contributed by atoms with van der Waals surface area (Å²) >= 11 is 5.03. The molecule has 0 unspecified atom stereocenters. The van der Waals surface area contributed by atoms with Crippen LogP contribution in [0, 0.1) is 0 Å². The Morgan fingerprint density at radius 2 is 1.79 bits per heavy atom. The standard InChI is InChI=1S/C18H13BrF3NS/c19-10-12-2-1-3-13(8-12)11-24-17-6-7-23-16-9-14(18(20,21)22)4-5-15(16)17/h1-9H,10-11H2. The summed E-state index contributed by atoms with van der Waals surface area (Å²) in [5.41, 5.74) is 2.06. The zero-order chi connectivity index (χ0) is 17.2. The fourth-order valence-corrected chi connectivity index (χ4v) is 3.72. The van der Waals surface area contributed by atoms with Gasteiger partial charge in [0.15, 0.2) is 0 Å². The first-order valence-corrected chi connectivity index (χ1v) is 9.30. The Morgan fingerprint density at radius 1 is 1.00 bits per heavy atom. The molecule has 1 heterocycles. The molecule has 0 saturated carbocycles. The van der Waals surface area contributed by atoms with Gasteiger partial charge in [-0.3, -0.25) is 4.98 Å². The third-order valence-corrected chi connectivity index (χ3v) is 5.36. The molecule has 0 aliphatic heterocycles. The Hall–Kier alpha value is -1.53. The molecule has 2 aromatic carbocycles. The molecule has 0 amide bonds. The first-order chi connectivity index (χ1) is 11.5. The van der Waals surface area contributed by atoms with E-state index in [2.05, 4.69) is 27.0 Å². The number of nitrogens with zero attached hydrogens (tertiary/aromatic N) is 1. The van der Waals surface area contributed by atoms with Crippen molar-refractivity contribution in [2.24, 2.45) is 0 Å². The van der Waals surface area contributed by atoms with Crippen molar-refractivity contribution in [3.63, 3.8) is 0 Å². The lowest BCUT2D eigenvalue weighted by Crippen LogP contribution is -2.04. The largest absolute Gasteiger partial charge is 0.416 e. The molecule has 0 bridgehead atoms. The van der Waals surface area contributed by atoms with Gasteiger partial charge in [0.2, 0.25) is 0 Å². The second kappa shape index (κ2) is 7.15. The van der Waals surface area contributed by atoms with Crippen LogP contribution in [0.2, 0.25) is 0 Å². The molecule has 0 fully saturated rings. The van der Waals surface area contributed by atoms with Gasteiger partial charge in [0, 0.05) is 27.6 Å². The Labute approximate surface area is 150 Å². The van der Waals surface area contributed by atoms with Crippen LogP contribution in [0.3, 0.4) is 0 Å². The van der Waals surface area contributed by atoms with Crippen LogP contribution in [0.1, 0.15) is 16.7 Å². The van der Waals surface area contributed by atoms with Crippen LogP contribution in [0.25, 0.3) is 10.9 Å². The SMILES string of the molecule is FC(F)(F)c1ccc2c(SCc3cccc(CBr)c3)ccnc2c1.